The summed E-state index contributed by atoms with van der Waals surface area (Å²) in [5.41, 5.74) is 1.55. The number of allylic oxidation sites excluding steroid dienone is 2. The Labute approximate surface area is 247 Å². The van der Waals surface area contributed by atoms with Crippen molar-refractivity contribution in [2.75, 3.05) is 13.7 Å². The first-order chi connectivity index (χ1) is 18.2. The van der Waals surface area contributed by atoms with E-state index < -0.39 is 30.6 Å². The van der Waals surface area contributed by atoms with Crippen molar-refractivity contribution >= 4 is 36.4 Å². The Morgan fingerprint density at radius 3 is 2.20 bits per heavy atom. The minimum Gasteiger partial charge on any atom is -0.415 e. The third-order valence-corrected chi connectivity index (χ3v) is 13.2. The second kappa shape index (κ2) is 10.8. The first kappa shape index (κ1) is 32.3. The van der Waals surface area contributed by atoms with Crippen molar-refractivity contribution in [1.29, 1.82) is 0 Å². The number of fused-ring (bicyclic) bond motifs is 5. The quantitative estimate of drug-likeness (QED) is 0.198. The molecule has 40 heavy (non-hydrogen) atoms. The van der Waals surface area contributed by atoms with Crippen LogP contribution in [0.4, 0.5) is 0 Å². The number of rotatable bonds is 9. The van der Waals surface area contributed by atoms with E-state index in [1.807, 2.05) is 0 Å². The van der Waals surface area contributed by atoms with Crippen LogP contribution in [-0.2, 0) is 22.9 Å². The summed E-state index contributed by atoms with van der Waals surface area (Å²) >= 11 is 0. The normalized spacial score (nSPS) is 38.4. The highest BCUT2D eigenvalue weighted by Crippen LogP contribution is 2.68. The molecule has 0 aromatic heterocycles. The van der Waals surface area contributed by atoms with Crippen molar-refractivity contribution < 1.29 is 22.9 Å². The van der Waals surface area contributed by atoms with Crippen molar-refractivity contribution in [3.05, 3.63) is 11.6 Å². The molecule has 0 unspecified atom stereocenters. The van der Waals surface area contributed by atoms with Gasteiger partial charge in [-0.15, -0.1) is 0 Å². The van der Waals surface area contributed by atoms with Gasteiger partial charge >= 0.3 is 0 Å². The van der Waals surface area contributed by atoms with Crippen molar-refractivity contribution in [3.8, 4) is 0 Å². The zero-order chi connectivity index (χ0) is 29.9. The van der Waals surface area contributed by atoms with Crippen molar-refractivity contribution in [2.45, 2.75) is 129 Å². The molecule has 0 bridgehead atoms. The third-order valence-electron chi connectivity index (χ3n) is 10.2. The Morgan fingerprint density at radius 1 is 0.950 bits per heavy atom. The fourth-order valence-electron chi connectivity index (χ4n) is 8.93. The minimum absolute atomic E-state index is 0.0759. The van der Waals surface area contributed by atoms with Crippen LogP contribution in [0.3, 0.4) is 0 Å². The second-order valence-corrected chi connectivity index (χ2v) is 29.9. The molecule has 0 N–H and O–H groups in total. The zero-order valence-corrected chi connectivity index (χ0v) is 30.5. The number of ketones is 1. The maximum absolute atomic E-state index is 14.5. The fraction of sp³-hybridized carbons (Fsp3) is 0.871. The molecule has 228 valence electrons. The van der Waals surface area contributed by atoms with Crippen LogP contribution in [0.5, 0.6) is 0 Å². The Balaban J connectivity index is 1.77. The van der Waals surface area contributed by atoms with E-state index in [9.17, 15) is 4.79 Å². The monoisotopic (exact) mass is 607 g/mol. The zero-order valence-electron chi connectivity index (χ0n) is 27.5. The van der Waals surface area contributed by atoms with E-state index in [1.54, 1.807) is 7.11 Å². The van der Waals surface area contributed by atoms with E-state index in [-0.39, 0.29) is 22.9 Å². The number of oxime groups is 1. The van der Waals surface area contributed by atoms with Gasteiger partial charge in [0.15, 0.2) is 25.0 Å². The van der Waals surface area contributed by atoms with Gasteiger partial charge in [0.2, 0.25) is 0 Å². The predicted molar refractivity (Wildman–Crippen MR) is 171 cm³/mol. The number of nitrogens with zero attached hydrogens (tertiary/aromatic N) is 1. The number of hydrogen-bond donors (Lipinski definition) is 0. The molecule has 0 amide bonds. The van der Waals surface area contributed by atoms with Crippen LogP contribution in [0.2, 0.25) is 58.9 Å². The van der Waals surface area contributed by atoms with E-state index in [0.717, 1.165) is 44.2 Å². The molecule has 0 aromatic rings. The molecule has 3 saturated carbocycles. The molecule has 7 atom stereocenters. The van der Waals surface area contributed by atoms with Crippen LogP contribution in [0.15, 0.2) is 16.8 Å². The summed E-state index contributed by atoms with van der Waals surface area (Å²) in [5.74, 6) is 1.34. The number of carbonyl (C=O) groups is 1. The first-order valence-corrected chi connectivity index (χ1v) is 25.8. The first-order valence-electron chi connectivity index (χ1n) is 15.6. The molecular weight excluding hydrogens is 551 g/mol. The average Bonchev–Trinajstić information content (AvgIpc) is 3.06. The van der Waals surface area contributed by atoms with Gasteiger partial charge in [0.25, 0.3) is 0 Å². The lowest BCUT2D eigenvalue weighted by Gasteiger charge is -2.61. The lowest BCUT2D eigenvalue weighted by molar-refractivity contribution is -0.176. The summed E-state index contributed by atoms with van der Waals surface area (Å²) in [6, 6.07) is 0. The number of hydrogen-bond acceptors (Lipinski definition) is 6. The molecule has 0 spiro atoms. The van der Waals surface area contributed by atoms with Gasteiger partial charge in [-0.05, 0) is 121 Å². The van der Waals surface area contributed by atoms with Gasteiger partial charge < -0.3 is 18.1 Å². The number of Topliss-reactive ketones (excluding diaryl/α,β-unsaturated/α-hetero) is 1. The second-order valence-electron chi connectivity index (χ2n) is 16.5. The van der Waals surface area contributed by atoms with Crippen LogP contribution in [0.25, 0.3) is 0 Å². The topological polar surface area (TPSA) is 66.4 Å². The highest BCUT2D eigenvalue weighted by molar-refractivity contribution is 6.70. The average molecular weight is 608 g/mol. The van der Waals surface area contributed by atoms with E-state index in [2.05, 4.69) is 84.0 Å². The molecule has 9 heteroatoms. The van der Waals surface area contributed by atoms with Crippen LogP contribution in [0.1, 0.15) is 58.8 Å². The fourth-order valence-corrected chi connectivity index (χ4v) is 12.3. The van der Waals surface area contributed by atoms with Gasteiger partial charge in [-0.1, -0.05) is 24.6 Å². The van der Waals surface area contributed by atoms with Gasteiger partial charge in [0.05, 0.1) is 24.0 Å². The highest BCUT2D eigenvalue weighted by atomic mass is 28.4. The molecule has 0 aromatic carbocycles. The van der Waals surface area contributed by atoms with Crippen LogP contribution >= 0.6 is 0 Å². The summed E-state index contributed by atoms with van der Waals surface area (Å²) in [6.07, 6.45) is 8.64. The van der Waals surface area contributed by atoms with Crippen LogP contribution < -0.4 is 0 Å². The molecule has 0 heterocycles. The molecular formula is C31H57NO5Si3. The Morgan fingerprint density at radius 2 is 1.62 bits per heavy atom. The van der Waals surface area contributed by atoms with E-state index >= 15 is 0 Å². The minimum atomic E-state index is -2.01. The van der Waals surface area contributed by atoms with Crippen molar-refractivity contribution in [1.82, 2.24) is 0 Å². The Hall–Kier alpha value is -0.589. The molecule has 6 nitrogen and oxygen atoms in total. The molecule has 0 radical (unpaired) electrons. The summed E-state index contributed by atoms with van der Waals surface area (Å²) in [5, 5.41) is 4.25. The molecule has 4 aliphatic carbocycles. The predicted octanol–water partition coefficient (Wildman–Crippen LogP) is 7.79. The van der Waals surface area contributed by atoms with Gasteiger partial charge in [-0.25, -0.2) is 0 Å². The van der Waals surface area contributed by atoms with Gasteiger partial charge in [-0.2, -0.15) is 0 Å². The SMILES string of the molecule is CON=C1C=C2CC[C@@H]3[C@H](C(=O)C[C@@]4(C)[C@H]3CC[C@]4(O[Si](C)(C)C)[C@H](CO[Si](C)(C)C)O[Si](C)(C)C)[C@@]2(C)CC1. The summed E-state index contributed by atoms with van der Waals surface area (Å²) < 4.78 is 21.1. The van der Waals surface area contributed by atoms with Crippen LogP contribution in [0, 0.1) is 28.6 Å². The Kier molecular flexibility index (Phi) is 8.76. The van der Waals surface area contributed by atoms with E-state index in [4.69, 9.17) is 18.1 Å². The van der Waals surface area contributed by atoms with Gasteiger partial charge in [0.1, 0.15) is 12.9 Å². The summed E-state index contributed by atoms with van der Waals surface area (Å²) in [4.78, 5) is 19.6. The number of carbonyl (C=O) groups excluding carboxylic acids is 1. The van der Waals surface area contributed by atoms with Crippen molar-refractivity contribution in [2.24, 2.45) is 33.7 Å². The van der Waals surface area contributed by atoms with Gasteiger partial charge in [0, 0.05) is 17.8 Å². The maximum Gasteiger partial charge on any atom is 0.184 e. The molecule has 4 aliphatic rings. The molecule has 3 fully saturated rings. The van der Waals surface area contributed by atoms with E-state index in [1.165, 1.54) is 5.57 Å². The van der Waals surface area contributed by atoms with Crippen molar-refractivity contribution in [3.63, 3.8) is 0 Å². The standard InChI is InChI=1S/C31H57NO5Si3/c1-29-17-15-23(32-34-3)19-22(29)13-14-24-25-16-18-31(37-40(10,11)12,30(25,2)20-26(33)28(24)29)27(36-39(7,8)9)21-35-38(4,5)6/h19,24-25,27-28H,13-18,20-21H2,1-12H3/t24-,25-,27-,28+,29-,30-,31-/m0/s1. The largest absolute Gasteiger partial charge is 0.415 e. The lowest BCUT2D eigenvalue weighted by Crippen LogP contribution is -2.66. The molecule has 4 rings (SSSR count). The van der Waals surface area contributed by atoms with E-state index in [0.29, 0.717) is 30.6 Å². The highest BCUT2D eigenvalue weighted by Gasteiger charge is 2.70. The summed E-state index contributed by atoms with van der Waals surface area (Å²) in [7, 11) is -4.12. The smallest absolute Gasteiger partial charge is 0.184 e. The van der Waals surface area contributed by atoms with Gasteiger partial charge in [-0.3, -0.25) is 4.79 Å². The molecule has 0 aliphatic heterocycles. The maximum atomic E-state index is 14.5. The third kappa shape index (κ3) is 6.07. The van der Waals surface area contributed by atoms with Crippen LogP contribution in [-0.4, -0.2) is 61.9 Å². The summed E-state index contributed by atoms with van der Waals surface area (Å²) in [6.45, 7) is 25.8. The Bertz CT molecular complexity index is 1040. The molecule has 0 saturated heterocycles. The lowest BCUT2D eigenvalue weighted by atomic mass is 9.45.